The summed E-state index contributed by atoms with van der Waals surface area (Å²) in [6.07, 6.45) is 3.55. The number of para-hydroxylation sites is 1. The summed E-state index contributed by atoms with van der Waals surface area (Å²) in [5, 5.41) is 2.79. The number of hydrogen-bond donors (Lipinski definition) is 1. The number of nitrogens with one attached hydrogen (secondary N) is 1. The molecule has 21 heavy (non-hydrogen) atoms. The minimum absolute atomic E-state index is 0.105. The molecule has 1 aromatic heterocycles. The molecule has 0 aliphatic carbocycles. The van der Waals surface area contributed by atoms with Crippen LogP contribution in [0.2, 0.25) is 0 Å². The lowest BCUT2D eigenvalue weighted by Crippen LogP contribution is -2.28. The molecule has 2 heterocycles. The Morgan fingerprint density at radius 3 is 2.71 bits per heavy atom. The average molecular weight is 286 g/mol. The first kappa shape index (κ1) is 13.5. The number of carbonyl (C=O) groups is 1. The fraction of sp³-hybridized carbons (Fsp3) is 0.267. The van der Waals surface area contributed by atoms with Crippen LogP contribution in [0.4, 0.5) is 16.0 Å². The standard InChI is InChI=1S/C15H15FN4O/c16-11-5-1-2-6-12(11)18-15-17-8-7-13(19-15)14(21)20-9-3-4-10-20/h1-2,5-8H,3-4,9-10H2,(H,17,18,19). The lowest BCUT2D eigenvalue weighted by atomic mass is 10.3. The van der Waals surface area contributed by atoms with E-state index in [0.29, 0.717) is 5.69 Å². The highest BCUT2D eigenvalue weighted by atomic mass is 19.1. The number of amides is 1. The van der Waals surface area contributed by atoms with Gasteiger partial charge in [0.15, 0.2) is 0 Å². The Hall–Kier alpha value is -2.50. The normalized spacial score (nSPS) is 14.2. The Morgan fingerprint density at radius 1 is 1.19 bits per heavy atom. The summed E-state index contributed by atoms with van der Waals surface area (Å²) in [4.78, 5) is 22.2. The van der Waals surface area contributed by atoms with Crippen molar-refractivity contribution in [2.45, 2.75) is 12.8 Å². The van der Waals surface area contributed by atoms with Crippen LogP contribution in [0.5, 0.6) is 0 Å². The minimum atomic E-state index is -0.391. The number of likely N-dealkylation sites (tertiary alicyclic amines) is 1. The maximum atomic E-state index is 13.6. The molecule has 0 spiro atoms. The van der Waals surface area contributed by atoms with Crippen LogP contribution in [0.1, 0.15) is 23.3 Å². The molecular weight excluding hydrogens is 271 g/mol. The fourth-order valence-corrected chi connectivity index (χ4v) is 2.30. The first-order valence-corrected chi connectivity index (χ1v) is 6.88. The van der Waals surface area contributed by atoms with Gasteiger partial charge in [-0.05, 0) is 31.0 Å². The van der Waals surface area contributed by atoms with Gasteiger partial charge >= 0.3 is 0 Å². The molecule has 108 valence electrons. The highest BCUT2D eigenvalue weighted by molar-refractivity contribution is 5.92. The third-order valence-electron chi connectivity index (χ3n) is 3.39. The van der Waals surface area contributed by atoms with Crippen LogP contribution in [0.25, 0.3) is 0 Å². The highest BCUT2D eigenvalue weighted by Crippen LogP contribution is 2.17. The molecule has 3 rings (SSSR count). The zero-order chi connectivity index (χ0) is 14.7. The number of halogens is 1. The van der Waals surface area contributed by atoms with Crippen molar-refractivity contribution in [1.29, 1.82) is 0 Å². The van der Waals surface area contributed by atoms with Gasteiger partial charge in [-0.1, -0.05) is 12.1 Å². The zero-order valence-electron chi connectivity index (χ0n) is 11.4. The van der Waals surface area contributed by atoms with Crippen molar-refractivity contribution < 1.29 is 9.18 Å². The van der Waals surface area contributed by atoms with E-state index < -0.39 is 5.82 Å². The summed E-state index contributed by atoms with van der Waals surface area (Å²) < 4.78 is 13.6. The Bertz CT molecular complexity index is 656. The van der Waals surface area contributed by atoms with E-state index in [1.54, 1.807) is 29.2 Å². The van der Waals surface area contributed by atoms with E-state index in [4.69, 9.17) is 0 Å². The van der Waals surface area contributed by atoms with Crippen LogP contribution in [-0.4, -0.2) is 33.9 Å². The Morgan fingerprint density at radius 2 is 1.95 bits per heavy atom. The number of carbonyl (C=O) groups excluding carboxylic acids is 1. The van der Waals surface area contributed by atoms with Gasteiger partial charge in [0.25, 0.3) is 5.91 Å². The van der Waals surface area contributed by atoms with Crippen molar-refractivity contribution >= 4 is 17.5 Å². The maximum absolute atomic E-state index is 13.6. The van der Waals surface area contributed by atoms with Crippen LogP contribution in [0.15, 0.2) is 36.5 Å². The predicted molar refractivity (Wildman–Crippen MR) is 76.9 cm³/mol. The van der Waals surface area contributed by atoms with Gasteiger partial charge in [0.1, 0.15) is 11.5 Å². The van der Waals surface area contributed by atoms with Crippen LogP contribution >= 0.6 is 0 Å². The van der Waals surface area contributed by atoms with Gasteiger partial charge in [-0.2, -0.15) is 0 Å². The molecule has 6 heteroatoms. The van der Waals surface area contributed by atoms with E-state index >= 15 is 0 Å². The third-order valence-corrected chi connectivity index (χ3v) is 3.39. The summed E-state index contributed by atoms with van der Waals surface area (Å²) in [6.45, 7) is 1.53. The molecule has 1 amide bonds. The molecule has 0 saturated carbocycles. The van der Waals surface area contributed by atoms with Crippen molar-refractivity contribution in [3.05, 3.63) is 48.0 Å². The van der Waals surface area contributed by atoms with Crippen LogP contribution in [0.3, 0.4) is 0 Å². The van der Waals surface area contributed by atoms with E-state index in [-0.39, 0.29) is 17.5 Å². The largest absolute Gasteiger partial charge is 0.337 e. The molecule has 1 fully saturated rings. The van der Waals surface area contributed by atoms with Gasteiger partial charge in [0, 0.05) is 19.3 Å². The monoisotopic (exact) mass is 286 g/mol. The summed E-state index contributed by atoms with van der Waals surface area (Å²) in [7, 11) is 0. The Labute approximate surface area is 121 Å². The molecule has 0 radical (unpaired) electrons. The molecule has 1 aliphatic rings. The van der Waals surface area contributed by atoms with E-state index in [0.717, 1.165) is 25.9 Å². The molecule has 1 aliphatic heterocycles. The van der Waals surface area contributed by atoms with Crippen LogP contribution in [-0.2, 0) is 0 Å². The highest BCUT2D eigenvalue weighted by Gasteiger charge is 2.20. The van der Waals surface area contributed by atoms with Crippen molar-refractivity contribution in [1.82, 2.24) is 14.9 Å². The molecule has 5 nitrogen and oxygen atoms in total. The number of anilines is 2. The van der Waals surface area contributed by atoms with E-state index in [1.165, 1.54) is 12.3 Å². The third kappa shape index (κ3) is 2.99. The molecule has 1 saturated heterocycles. The topological polar surface area (TPSA) is 58.1 Å². The van der Waals surface area contributed by atoms with Crippen molar-refractivity contribution in [2.75, 3.05) is 18.4 Å². The lowest BCUT2D eigenvalue weighted by Gasteiger charge is -2.14. The minimum Gasteiger partial charge on any atom is -0.337 e. The first-order valence-electron chi connectivity index (χ1n) is 6.88. The summed E-state index contributed by atoms with van der Waals surface area (Å²) in [5.41, 5.74) is 0.606. The summed E-state index contributed by atoms with van der Waals surface area (Å²) in [6, 6.07) is 7.84. The summed E-state index contributed by atoms with van der Waals surface area (Å²) in [5.74, 6) is -0.283. The fourth-order valence-electron chi connectivity index (χ4n) is 2.30. The van der Waals surface area contributed by atoms with Crippen molar-refractivity contribution in [3.63, 3.8) is 0 Å². The number of aromatic nitrogens is 2. The molecule has 1 N–H and O–H groups in total. The zero-order valence-corrected chi connectivity index (χ0v) is 11.4. The number of nitrogens with zero attached hydrogens (tertiary/aromatic N) is 3. The van der Waals surface area contributed by atoms with Gasteiger partial charge in [-0.25, -0.2) is 14.4 Å². The SMILES string of the molecule is O=C(c1ccnc(Nc2ccccc2F)n1)N1CCCC1. The van der Waals surface area contributed by atoms with Gasteiger partial charge in [0.05, 0.1) is 5.69 Å². The lowest BCUT2D eigenvalue weighted by molar-refractivity contribution is 0.0787. The average Bonchev–Trinajstić information content (AvgIpc) is 3.03. The molecule has 0 bridgehead atoms. The number of benzene rings is 1. The van der Waals surface area contributed by atoms with Gasteiger partial charge in [-0.3, -0.25) is 4.79 Å². The molecular formula is C15H15FN4O. The van der Waals surface area contributed by atoms with Gasteiger partial charge in [0.2, 0.25) is 5.95 Å². The van der Waals surface area contributed by atoms with Crippen LogP contribution < -0.4 is 5.32 Å². The Kier molecular flexibility index (Phi) is 3.77. The molecule has 1 aromatic carbocycles. The number of rotatable bonds is 3. The van der Waals surface area contributed by atoms with Gasteiger partial charge < -0.3 is 10.2 Å². The van der Waals surface area contributed by atoms with Crippen molar-refractivity contribution in [2.24, 2.45) is 0 Å². The maximum Gasteiger partial charge on any atom is 0.272 e. The van der Waals surface area contributed by atoms with Crippen LogP contribution in [0, 0.1) is 5.82 Å². The van der Waals surface area contributed by atoms with Gasteiger partial charge in [-0.15, -0.1) is 0 Å². The second-order valence-corrected chi connectivity index (χ2v) is 4.87. The number of hydrogen-bond acceptors (Lipinski definition) is 4. The smallest absolute Gasteiger partial charge is 0.272 e. The second kappa shape index (κ2) is 5.87. The van der Waals surface area contributed by atoms with E-state index in [1.807, 2.05) is 0 Å². The van der Waals surface area contributed by atoms with E-state index in [9.17, 15) is 9.18 Å². The van der Waals surface area contributed by atoms with Crippen molar-refractivity contribution in [3.8, 4) is 0 Å². The molecule has 0 atom stereocenters. The van der Waals surface area contributed by atoms with E-state index in [2.05, 4.69) is 15.3 Å². The predicted octanol–water partition coefficient (Wildman–Crippen LogP) is 2.60. The molecule has 2 aromatic rings. The Balaban J connectivity index is 1.80. The quantitative estimate of drug-likeness (QED) is 0.942. The first-order chi connectivity index (χ1) is 10.2. The molecule has 0 unspecified atom stereocenters. The summed E-state index contributed by atoms with van der Waals surface area (Å²) >= 11 is 0. The second-order valence-electron chi connectivity index (χ2n) is 4.87.